The van der Waals surface area contributed by atoms with E-state index in [4.69, 9.17) is 0 Å². The maximum atomic E-state index is 12.7. The van der Waals surface area contributed by atoms with Crippen LogP contribution in [0.2, 0.25) is 0 Å². The van der Waals surface area contributed by atoms with Gasteiger partial charge in [-0.15, -0.1) is 0 Å². The minimum Gasteiger partial charge on any atom is -0.352 e. The third-order valence-corrected chi connectivity index (χ3v) is 6.58. The molecular formula is C26H36N4O. The van der Waals surface area contributed by atoms with E-state index in [2.05, 4.69) is 69.5 Å². The minimum absolute atomic E-state index is 0.0428. The van der Waals surface area contributed by atoms with Crippen molar-refractivity contribution in [3.63, 3.8) is 0 Å². The van der Waals surface area contributed by atoms with Gasteiger partial charge in [0, 0.05) is 50.9 Å². The van der Waals surface area contributed by atoms with E-state index < -0.39 is 0 Å². The number of hydrogen-bond acceptors (Lipinski definition) is 4. The summed E-state index contributed by atoms with van der Waals surface area (Å²) in [7, 11) is 2.20. The number of likely N-dealkylation sites (tertiary alicyclic amines) is 1. The van der Waals surface area contributed by atoms with Crippen LogP contribution in [0.3, 0.4) is 0 Å². The molecule has 2 aromatic rings. The molecule has 5 heteroatoms. The zero-order chi connectivity index (χ0) is 21.5. The van der Waals surface area contributed by atoms with E-state index in [9.17, 15) is 4.79 Å². The topological polar surface area (TPSA) is 38.8 Å². The zero-order valence-corrected chi connectivity index (χ0v) is 18.8. The highest BCUT2D eigenvalue weighted by Gasteiger charge is 2.26. The lowest BCUT2D eigenvalue weighted by atomic mass is 10.0. The SMILES string of the molecule is CN1CCN(CCCNC(=O)c2cccc(CN3CCCC3)c2)C(c2ccccc2)C1. The van der Waals surface area contributed by atoms with E-state index in [1.54, 1.807) is 0 Å². The van der Waals surface area contributed by atoms with E-state index in [1.165, 1.54) is 37.1 Å². The summed E-state index contributed by atoms with van der Waals surface area (Å²) in [4.78, 5) is 20.1. The molecule has 1 atom stereocenters. The fourth-order valence-electron chi connectivity index (χ4n) is 4.81. The summed E-state index contributed by atoms with van der Waals surface area (Å²) in [5, 5.41) is 3.13. The largest absolute Gasteiger partial charge is 0.352 e. The molecule has 2 aromatic carbocycles. The van der Waals surface area contributed by atoms with Crippen LogP contribution in [0.4, 0.5) is 0 Å². The quantitative estimate of drug-likeness (QED) is 0.665. The molecule has 0 spiro atoms. The smallest absolute Gasteiger partial charge is 0.251 e. The number of carbonyl (C=O) groups is 1. The molecule has 2 aliphatic heterocycles. The summed E-state index contributed by atoms with van der Waals surface area (Å²) >= 11 is 0. The van der Waals surface area contributed by atoms with Crippen molar-refractivity contribution in [1.29, 1.82) is 0 Å². The van der Waals surface area contributed by atoms with Gasteiger partial charge in [-0.05, 0) is 62.7 Å². The molecule has 2 saturated heterocycles. The Labute approximate surface area is 187 Å². The second kappa shape index (κ2) is 10.9. The van der Waals surface area contributed by atoms with Crippen LogP contribution in [0.1, 0.15) is 46.8 Å². The predicted octanol–water partition coefficient (Wildman–Crippen LogP) is 3.39. The van der Waals surface area contributed by atoms with Crippen LogP contribution in [-0.4, -0.2) is 73.5 Å². The number of nitrogens with zero attached hydrogens (tertiary/aromatic N) is 3. The molecule has 2 aliphatic rings. The molecule has 0 bridgehead atoms. The maximum Gasteiger partial charge on any atom is 0.251 e. The first kappa shape index (κ1) is 22.0. The number of carbonyl (C=O) groups excluding carboxylic acids is 1. The molecule has 1 amide bonds. The molecule has 1 unspecified atom stereocenters. The number of benzene rings is 2. The second-order valence-corrected chi connectivity index (χ2v) is 9.02. The van der Waals surface area contributed by atoms with Gasteiger partial charge in [-0.2, -0.15) is 0 Å². The standard InChI is InChI=1S/C26H36N4O/c1-28-17-18-30(25(21-28)23-10-3-2-4-11-23)16-8-13-27-26(31)24-12-7-9-22(19-24)20-29-14-5-6-15-29/h2-4,7,9-12,19,25H,5-6,8,13-18,20-21H2,1H3,(H,27,31). The van der Waals surface area contributed by atoms with Gasteiger partial charge in [0.1, 0.15) is 0 Å². The van der Waals surface area contributed by atoms with Crippen LogP contribution >= 0.6 is 0 Å². The Balaban J connectivity index is 1.25. The number of nitrogens with one attached hydrogen (secondary N) is 1. The average Bonchev–Trinajstić information content (AvgIpc) is 3.31. The Morgan fingerprint density at radius 2 is 1.81 bits per heavy atom. The Bertz CT molecular complexity index is 834. The van der Waals surface area contributed by atoms with Crippen molar-refractivity contribution in [3.05, 3.63) is 71.3 Å². The van der Waals surface area contributed by atoms with Crippen molar-refractivity contribution in [2.24, 2.45) is 0 Å². The lowest BCUT2D eigenvalue weighted by Crippen LogP contribution is -2.47. The van der Waals surface area contributed by atoms with Crippen LogP contribution in [0.15, 0.2) is 54.6 Å². The molecule has 5 nitrogen and oxygen atoms in total. The molecule has 2 fully saturated rings. The number of piperazine rings is 1. The van der Waals surface area contributed by atoms with Gasteiger partial charge < -0.3 is 10.2 Å². The first-order valence-corrected chi connectivity index (χ1v) is 11.8. The van der Waals surface area contributed by atoms with Crippen LogP contribution in [-0.2, 0) is 6.54 Å². The van der Waals surface area contributed by atoms with Gasteiger partial charge in [0.05, 0.1) is 0 Å². The maximum absolute atomic E-state index is 12.7. The van der Waals surface area contributed by atoms with Crippen molar-refractivity contribution >= 4 is 5.91 Å². The van der Waals surface area contributed by atoms with Crippen LogP contribution < -0.4 is 5.32 Å². The molecule has 31 heavy (non-hydrogen) atoms. The number of likely N-dealkylation sites (N-methyl/N-ethyl adjacent to an activating group) is 1. The highest BCUT2D eigenvalue weighted by atomic mass is 16.1. The highest BCUT2D eigenvalue weighted by Crippen LogP contribution is 2.24. The summed E-state index contributed by atoms with van der Waals surface area (Å²) in [5.74, 6) is 0.0428. The fourth-order valence-corrected chi connectivity index (χ4v) is 4.81. The van der Waals surface area contributed by atoms with Gasteiger partial charge in [0.15, 0.2) is 0 Å². The summed E-state index contributed by atoms with van der Waals surface area (Å²) in [6.45, 7) is 8.23. The average molecular weight is 421 g/mol. The molecule has 0 aliphatic carbocycles. The molecular weight excluding hydrogens is 384 g/mol. The number of hydrogen-bond donors (Lipinski definition) is 1. The Kier molecular flexibility index (Phi) is 7.73. The third kappa shape index (κ3) is 6.16. The first-order valence-electron chi connectivity index (χ1n) is 11.8. The second-order valence-electron chi connectivity index (χ2n) is 9.02. The lowest BCUT2D eigenvalue weighted by molar-refractivity contribution is 0.0865. The van der Waals surface area contributed by atoms with Gasteiger partial charge in [-0.3, -0.25) is 14.6 Å². The summed E-state index contributed by atoms with van der Waals surface area (Å²) in [6.07, 6.45) is 3.55. The van der Waals surface area contributed by atoms with E-state index >= 15 is 0 Å². The summed E-state index contributed by atoms with van der Waals surface area (Å²) < 4.78 is 0. The van der Waals surface area contributed by atoms with E-state index in [1.807, 2.05) is 12.1 Å². The highest BCUT2D eigenvalue weighted by molar-refractivity contribution is 5.94. The van der Waals surface area contributed by atoms with Crippen LogP contribution in [0, 0.1) is 0 Å². The normalized spacial score (nSPS) is 20.7. The molecule has 0 radical (unpaired) electrons. The van der Waals surface area contributed by atoms with Crippen molar-refractivity contribution < 1.29 is 4.79 Å². The molecule has 1 N–H and O–H groups in total. The Morgan fingerprint density at radius 3 is 2.61 bits per heavy atom. The van der Waals surface area contributed by atoms with Gasteiger partial charge in [-0.25, -0.2) is 0 Å². The lowest BCUT2D eigenvalue weighted by Gasteiger charge is -2.40. The fraction of sp³-hybridized carbons (Fsp3) is 0.500. The molecule has 0 saturated carbocycles. The molecule has 2 heterocycles. The number of amides is 1. The van der Waals surface area contributed by atoms with Crippen molar-refractivity contribution in [1.82, 2.24) is 20.0 Å². The molecule has 166 valence electrons. The van der Waals surface area contributed by atoms with Gasteiger partial charge >= 0.3 is 0 Å². The van der Waals surface area contributed by atoms with Gasteiger partial charge in [0.25, 0.3) is 5.91 Å². The monoisotopic (exact) mass is 420 g/mol. The Hall–Kier alpha value is -2.21. The van der Waals surface area contributed by atoms with E-state index in [0.717, 1.165) is 44.7 Å². The van der Waals surface area contributed by atoms with Crippen molar-refractivity contribution in [3.8, 4) is 0 Å². The van der Waals surface area contributed by atoms with E-state index in [-0.39, 0.29) is 5.91 Å². The minimum atomic E-state index is 0.0428. The van der Waals surface area contributed by atoms with Gasteiger partial charge in [-0.1, -0.05) is 42.5 Å². The third-order valence-electron chi connectivity index (χ3n) is 6.58. The van der Waals surface area contributed by atoms with Crippen molar-refractivity contribution in [2.45, 2.75) is 31.8 Å². The Morgan fingerprint density at radius 1 is 1.00 bits per heavy atom. The van der Waals surface area contributed by atoms with Crippen molar-refractivity contribution in [2.75, 3.05) is 52.9 Å². The number of rotatable bonds is 8. The first-order chi connectivity index (χ1) is 15.2. The van der Waals surface area contributed by atoms with Gasteiger partial charge in [0.2, 0.25) is 0 Å². The molecule has 0 aromatic heterocycles. The predicted molar refractivity (Wildman–Crippen MR) is 126 cm³/mol. The van der Waals surface area contributed by atoms with Crippen LogP contribution in [0.5, 0.6) is 0 Å². The molecule has 4 rings (SSSR count). The summed E-state index contributed by atoms with van der Waals surface area (Å²) in [5.41, 5.74) is 3.39. The van der Waals surface area contributed by atoms with E-state index in [0.29, 0.717) is 12.6 Å². The van der Waals surface area contributed by atoms with Crippen LogP contribution in [0.25, 0.3) is 0 Å². The zero-order valence-electron chi connectivity index (χ0n) is 18.8. The summed E-state index contributed by atoms with van der Waals surface area (Å²) in [6, 6.07) is 19.3.